The smallest absolute Gasteiger partial charge is 0.277 e. The van der Waals surface area contributed by atoms with Gasteiger partial charge in [-0.3, -0.25) is 10.0 Å². The summed E-state index contributed by atoms with van der Waals surface area (Å²) in [5.41, 5.74) is 2.49. The quantitative estimate of drug-likeness (QED) is 0.544. The number of rotatable bonds is 4. The summed E-state index contributed by atoms with van der Waals surface area (Å²) < 4.78 is 41.6. The fourth-order valence-corrected chi connectivity index (χ4v) is 4.61. The molecule has 1 amide bonds. The first kappa shape index (κ1) is 18.8. The number of carbonyl (C=O) groups excluding carboxylic acids is 1. The van der Waals surface area contributed by atoms with Crippen LogP contribution in [0.1, 0.15) is 27.9 Å². The summed E-state index contributed by atoms with van der Waals surface area (Å²) >= 11 is 5.85. The van der Waals surface area contributed by atoms with Crippen LogP contribution in [-0.2, 0) is 22.9 Å². The molecule has 1 atom stereocenters. The number of hydroxylamine groups is 1. The van der Waals surface area contributed by atoms with E-state index in [-0.39, 0.29) is 10.5 Å². The zero-order chi connectivity index (χ0) is 18.9. The van der Waals surface area contributed by atoms with Gasteiger partial charge in [0.1, 0.15) is 5.82 Å². The number of hydrogen-bond acceptors (Lipinski definition) is 4. The lowest BCUT2D eigenvalue weighted by Crippen LogP contribution is -2.39. The molecule has 1 aliphatic rings. The first-order chi connectivity index (χ1) is 12.3. The van der Waals surface area contributed by atoms with Gasteiger partial charge >= 0.3 is 0 Å². The average molecular weight is 399 g/mol. The molecule has 26 heavy (non-hydrogen) atoms. The van der Waals surface area contributed by atoms with Crippen molar-refractivity contribution in [3.63, 3.8) is 0 Å². The highest BCUT2D eigenvalue weighted by atomic mass is 35.5. The maximum atomic E-state index is 13.9. The summed E-state index contributed by atoms with van der Waals surface area (Å²) in [6.07, 6.45) is 1.27. The summed E-state index contributed by atoms with van der Waals surface area (Å²) in [7, 11) is -3.75. The van der Waals surface area contributed by atoms with Gasteiger partial charge in [-0.25, -0.2) is 23.0 Å². The van der Waals surface area contributed by atoms with Gasteiger partial charge in [0.25, 0.3) is 5.91 Å². The summed E-state index contributed by atoms with van der Waals surface area (Å²) in [5, 5.41) is 9.02. The summed E-state index contributed by atoms with van der Waals surface area (Å²) in [4.78, 5) is 11.6. The number of carbonyl (C=O) groups is 1. The molecule has 0 bridgehead atoms. The van der Waals surface area contributed by atoms with Crippen LogP contribution in [0, 0.1) is 5.82 Å². The highest BCUT2D eigenvalue weighted by molar-refractivity contribution is 7.89. The fourth-order valence-electron chi connectivity index (χ4n) is 3.04. The number of aryl methyl sites for hydroxylation is 1. The van der Waals surface area contributed by atoms with E-state index in [1.807, 2.05) is 0 Å². The van der Waals surface area contributed by atoms with Gasteiger partial charge in [0.05, 0.1) is 10.5 Å². The standard InChI is InChI=1S/C17H16ClFN2O4S/c18-12-2-1-3-14(9-12)26(24,25)21-13-5-4-10-8-16(19)15(17(22)20-23)7-11(10)6-13/h1-3,7-9,13,21,23H,4-6H2,(H,20,22). The van der Waals surface area contributed by atoms with E-state index in [1.54, 1.807) is 12.1 Å². The van der Waals surface area contributed by atoms with E-state index in [1.165, 1.54) is 29.7 Å². The van der Waals surface area contributed by atoms with Crippen LogP contribution < -0.4 is 10.2 Å². The Morgan fingerprint density at radius 3 is 2.69 bits per heavy atom. The van der Waals surface area contributed by atoms with Gasteiger partial charge in [-0.2, -0.15) is 0 Å². The molecule has 1 unspecified atom stereocenters. The predicted octanol–water partition coefficient (Wildman–Crippen LogP) is 2.43. The van der Waals surface area contributed by atoms with Crippen LogP contribution in [0.4, 0.5) is 4.39 Å². The highest BCUT2D eigenvalue weighted by Gasteiger charge is 2.26. The lowest BCUT2D eigenvalue weighted by atomic mass is 9.87. The molecule has 2 aromatic rings. The van der Waals surface area contributed by atoms with Gasteiger partial charge < -0.3 is 0 Å². The van der Waals surface area contributed by atoms with E-state index in [9.17, 15) is 17.6 Å². The lowest BCUT2D eigenvalue weighted by Gasteiger charge is -2.26. The van der Waals surface area contributed by atoms with Crippen LogP contribution in [-0.4, -0.2) is 25.6 Å². The molecule has 1 aliphatic carbocycles. The van der Waals surface area contributed by atoms with E-state index < -0.39 is 27.8 Å². The van der Waals surface area contributed by atoms with Crippen molar-refractivity contribution >= 4 is 27.5 Å². The maximum absolute atomic E-state index is 13.9. The van der Waals surface area contributed by atoms with Crippen LogP contribution in [0.2, 0.25) is 5.02 Å². The molecular weight excluding hydrogens is 383 g/mol. The molecule has 3 N–H and O–H groups in total. The molecule has 0 aromatic heterocycles. The summed E-state index contributed by atoms with van der Waals surface area (Å²) in [6.45, 7) is 0. The van der Waals surface area contributed by atoms with Crippen LogP contribution >= 0.6 is 11.6 Å². The molecule has 0 fully saturated rings. The van der Waals surface area contributed by atoms with Crippen molar-refractivity contribution in [1.29, 1.82) is 0 Å². The van der Waals surface area contributed by atoms with Crippen molar-refractivity contribution in [3.05, 3.63) is 63.9 Å². The monoisotopic (exact) mass is 398 g/mol. The minimum atomic E-state index is -3.75. The molecule has 2 aromatic carbocycles. The summed E-state index contributed by atoms with van der Waals surface area (Å²) in [6, 6.07) is 8.14. The van der Waals surface area contributed by atoms with Crippen molar-refractivity contribution < 1.29 is 22.8 Å². The Hall–Kier alpha value is -2.00. The van der Waals surface area contributed by atoms with Crippen molar-refractivity contribution in [3.8, 4) is 0 Å². The minimum absolute atomic E-state index is 0.0650. The zero-order valence-corrected chi connectivity index (χ0v) is 15.1. The second kappa shape index (κ2) is 7.32. The normalized spacial score (nSPS) is 16.8. The topological polar surface area (TPSA) is 95.5 Å². The number of halogens is 2. The highest BCUT2D eigenvalue weighted by Crippen LogP contribution is 2.26. The molecular formula is C17H16ClFN2O4S. The van der Waals surface area contributed by atoms with E-state index in [4.69, 9.17) is 16.8 Å². The van der Waals surface area contributed by atoms with Crippen LogP contribution in [0.25, 0.3) is 0 Å². The van der Waals surface area contributed by atoms with Crippen molar-refractivity contribution in [2.24, 2.45) is 0 Å². The van der Waals surface area contributed by atoms with Crippen molar-refractivity contribution in [1.82, 2.24) is 10.2 Å². The molecule has 0 saturated carbocycles. The van der Waals surface area contributed by atoms with Gasteiger partial charge in [-0.1, -0.05) is 17.7 Å². The SMILES string of the molecule is O=C(NO)c1cc2c(cc1F)CCC(NS(=O)(=O)c1cccc(Cl)c1)C2. The first-order valence-electron chi connectivity index (χ1n) is 7.84. The molecule has 0 radical (unpaired) electrons. The molecule has 138 valence electrons. The van der Waals surface area contributed by atoms with Crippen molar-refractivity contribution in [2.45, 2.75) is 30.2 Å². The van der Waals surface area contributed by atoms with Gasteiger partial charge in [-0.05, 0) is 60.7 Å². The Kier molecular flexibility index (Phi) is 5.29. The fraction of sp³-hybridized carbons (Fsp3) is 0.235. The summed E-state index contributed by atoms with van der Waals surface area (Å²) in [5.74, 6) is -1.68. The molecule has 0 aliphatic heterocycles. The Labute approximate surface area is 155 Å². The third-order valence-electron chi connectivity index (χ3n) is 4.29. The van der Waals surface area contributed by atoms with E-state index in [0.717, 1.165) is 5.56 Å². The number of fused-ring (bicyclic) bond motifs is 1. The van der Waals surface area contributed by atoms with E-state index in [0.29, 0.717) is 29.8 Å². The number of amides is 1. The van der Waals surface area contributed by atoms with Gasteiger partial charge in [0.2, 0.25) is 10.0 Å². The second-order valence-electron chi connectivity index (χ2n) is 6.06. The molecule has 9 heteroatoms. The number of hydrogen-bond donors (Lipinski definition) is 3. The molecule has 0 saturated heterocycles. The Morgan fingerprint density at radius 1 is 1.23 bits per heavy atom. The van der Waals surface area contributed by atoms with E-state index >= 15 is 0 Å². The largest absolute Gasteiger partial charge is 0.288 e. The Bertz CT molecular complexity index is 965. The number of benzene rings is 2. The van der Waals surface area contributed by atoms with Crippen LogP contribution in [0.5, 0.6) is 0 Å². The minimum Gasteiger partial charge on any atom is -0.288 e. The molecule has 3 rings (SSSR count). The third kappa shape index (κ3) is 3.88. The zero-order valence-electron chi connectivity index (χ0n) is 13.5. The molecule has 0 spiro atoms. The lowest BCUT2D eigenvalue weighted by molar-refractivity contribution is 0.0701. The first-order valence-corrected chi connectivity index (χ1v) is 9.70. The predicted molar refractivity (Wildman–Crippen MR) is 93.2 cm³/mol. The third-order valence-corrected chi connectivity index (χ3v) is 6.05. The Balaban J connectivity index is 1.83. The van der Waals surface area contributed by atoms with Gasteiger partial charge in [0, 0.05) is 11.1 Å². The maximum Gasteiger partial charge on any atom is 0.277 e. The van der Waals surface area contributed by atoms with Crippen LogP contribution in [0.3, 0.4) is 0 Å². The molecule has 0 heterocycles. The second-order valence-corrected chi connectivity index (χ2v) is 8.21. The number of nitrogens with one attached hydrogen (secondary N) is 2. The van der Waals surface area contributed by atoms with Gasteiger partial charge in [0.15, 0.2) is 0 Å². The average Bonchev–Trinajstić information content (AvgIpc) is 2.60. The van der Waals surface area contributed by atoms with E-state index in [2.05, 4.69) is 4.72 Å². The van der Waals surface area contributed by atoms with Crippen molar-refractivity contribution in [2.75, 3.05) is 0 Å². The number of sulfonamides is 1. The van der Waals surface area contributed by atoms with Gasteiger partial charge in [-0.15, -0.1) is 0 Å². The molecule has 6 nitrogen and oxygen atoms in total. The Morgan fingerprint density at radius 2 is 2.00 bits per heavy atom. The van der Waals surface area contributed by atoms with Crippen LogP contribution in [0.15, 0.2) is 41.3 Å².